The van der Waals surface area contributed by atoms with E-state index in [2.05, 4.69) is 26.7 Å². The molecule has 0 amide bonds. The van der Waals surface area contributed by atoms with Crippen LogP contribution in [0.25, 0.3) is 11.5 Å². The van der Waals surface area contributed by atoms with E-state index in [9.17, 15) is 0 Å². The summed E-state index contributed by atoms with van der Waals surface area (Å²) in [5.74, 6) is 2.26. The maximum Gasteiger partial charge on any atom is 0.158 e. The molecular weight excluding hydrogens is 318 g/mol. The SMILES string of the molecule is Cc1cc(-c2nccn2C)nc(C2CCN(Cc3ccsc3)C2)n1. The number of hydrogen-bond donors (Lipinski definition) is 0. The lowest BCUT2D eigenvalue weighted by Gasteiger charge is -2.15. The molecule has 1 saturated heterocycles. The molecule has 0 bridgehead atoms. The lowest BCUT2D eigenvalue weighted by atomic mass is 10.1. The zero-order chi connectivity index (χ0) is 16.5. The molecule has 5 nitrogen and oxygen atoms in total. The van der Waals surface area contributed by atoms with Crippen LogP contribution < -0.4 is 0 Å². The van der Waals surface area contributed by atoms with E-state index in [4.69, 9.17) is 9.97 Å². The van der Waals surface area contributed by atoms with Crippen molar-refractivity contribution >= 4 is 11.3 Å². The molecule has 124 valence electrons. The summed E-state index contributed by atoms with van der Waals surface area (Å²) in [6.07, 6.45) is 4.88. The van der Waals surface area contributed by atoms with Crippen molar-refractivity contribution in [3.8, 4) is 11.5 Å². The average molecular weight is 339 g/mol. The number of nitrogens with zero attached hydrogens (tertiary/aromatic N) is 5. The van der Waals surface area contributed by atoms with Gasteiger partial charge >= 0.3 is 0 Å². The summed E-state index contributed by atoms with van der Waals surface area (Å²) in [5.41, 5.74) is 3.33. The number of thiophene rings is 1. The van der Waals surface area contributed by atoms with Crippen LogP contribution in [0, 0.1) is 6.92 Å². The Hall–Kier alpha value is -2.05. The first kappa shape index (κ1) is 15.5. The van der Waals surface area contributed by atoms with Crippen molar-refractivity contribution in [2.24, 2.45) is 7.05 Å². The standard InChI is InChI=1S/C18H21N5S/c1-13-9-16(18-19-5-7-22(18)2)21-17(20-13)15-3-6-23(11-15)10-14-4-8-24-12-14/h4-5,7-9,12,15H,3,6,10-11H2,1-2H3. The highest BCUT2D eigenvalue weighted by Gasteiger charge is 2.26. The smallest absolute Gasteiger partial charge is 0.158 e. The molecular formula is C18H21N5S. The summed E-state index contributed by atoms with van der Waals surface area (Å²) in [6, 6.07) is 4.23. The second kappa shape index (κ2) is 6.45. The molecule has 1 fully saturated rings. The fraction of sp³-hybridized carbons (Fsp3) is 0.389. The third-order valence-corrected chi connectivity index (χ3v) is 5.28. The second-order valence-electron chi connectivity index (χ2n) is 6.47. The monoisotopic (exact) mass is 339 g/mol. The van der Waals surface area contributed by atoms with Gasteiger partial charge in [0.15, 0.2) is 5.82 Å². The van der Waals surface area contributed by atoms with E-state index in [0.717, 1.165) is 49.1 Å². The number of likely N-dealkylation sites (tertiary alicyclic amines) is 1. The molecule has 0 saturated carbocycles. The molecule has 6 heteroatoms. The van der Waals surface area contributed by atoms with Gasteiger partial charge < -0.3 is 4.57 Å². The predicted octanol–water partition coefficient (Wildman–Crippen LogP) is 3.24. The zero-order valence-electron chi connectivity index (χ0n) is 14.0. The van der Waals surface area contributed by atoms with Gasteiger partial charge in [0.05, 0.1) is 0 Å². The Morgan fingerprint density at radius 1 is 1.33 bits per heavy atom. The van der Waals surface area contributed by atoms with Gasteiger partial charge in [0, 0.05) is 44.1 Å². The van der Waals surface area contributed by atoms with Crippen molar-refractivity contribution < 1.29 is 0 Å². The van der Waals surface area contributed by atoms with Crippen LogP contribution >= 0.6 is 11.3 Å². The minimum atomic E-state index is 0.405. The summed E-state index contributed by atoms with van der Waals surface area (Å²) in [4.78, 5) is 16.5. The molecule has 4 rings (SSSR count). The molecule has 1 atom stereocenters. The fourth-order valence-corrected chi connectivity index (χ4v) is 3.99. The minimum absolute atomic E-state index is 0.405. The van der Waals surface area contributed by atoms with E-state index in [-0.39, 0.29) is 0 Å². The van der Waals surface area contributed by atoms with Gasteiger partial charge in [-0.1, -0.05) is 0 Å². The molecule has 3 aromatic heterocycles. The van der Waals surface area contributed by atoms with Gasteiger partial charge in [-0.25, -0.2) is 15.0 Å². The lowest BCUT2D eigenvalue weighted by molar-refractivity contribution is 0.326. The topological polar surface area (TPSA) is 46.8 Å². The quantitative estimate of drug-likeness (QED) is 0.732. The fourth-order valence-electron chi connectivity index (χ4n) is 3.33. The van der Waals surface area contributed by atoms with Gasteiger partial charge in [0.2, 0.25) is 0 Å². The van der Waals surface area contributed by atoms with Gasteiger partial charge in [-0.3, -0.25) is 4.90 Å². The lowest BCUT2D eigenvalue weighted by Crippen LogP contribution is -2.20. The molecule has 1 aliphatic heterocycles. The van der Waals surface area contributed by atoms with Gasteiger partial charge in [-0.15, -0.1) is 0 Å². The Morgan fingerprint density at radius 2 is 2.25 bits per heavy atom. The Labute approximate surface area is 146 Å². The summed E-state index contributed by atoms with van der Waals surface area (Å²) in [7, 11) is 2.00. The van der Waals surface area contributed by atoms with Gasteiger partial charge in [-0.2, -0.15) is 11.3 Å². The van der Waals surface area contributed by atoms with E-state index in [0.29, 0.717) is 5.92 Å². The van der Waals surface area contributed by atoms with Gasteiger partial charge in [0.25, 0.3) is 0 Å². The summed E-state index contributed by atoms with van der Waals surface area (Å²) >= 11 is 1.76. The van der Waals surface area contributed by atoms with Crippen molar-refractivity contribution in [1.29, 1.82) is 0 Å². The van der Waals surface area contributed by atoms with Crippen LogP contribution in [-0.2, 0) is 13.6 Å². The maximum absolute atomic E-state index is 4.83. The van der Waals surface area contributed by atoms with E-state index in [1.54, 1.807) is 11.3 Å². The largest absolute Gasteiger partial charge is 0.333 e. The molecule has 4 heterocycles. The van der Waals surface area contributed by atoms with E-state index in [1.165, 1.54) is 5.56 Å². The van der Waals surface area contributed by atoms with Gasteiger partial charge in [0.1, 0.15) is 11.5 Å². The number of aromatic nitrogens is 4. The van der Waals surface area contributed by atoms with Crippen LogP contribution in [0.3, 0.4) is 0 Å². The Kier molecular flexibility index (Phi) is 4.16. The first-order valence-corrected chi connectivity index (χ1v) is 9.20. The average Bonchev–Trinajstić information content (AvgIpc) is 3.29. The summed E-state index contributed by atoms with van der Waals surface area (Å²) in [6.45, 7) is 5.20. The number of imidazole rings is 1. The first-order chi connectivity index (χ1) is 11.7. The molecule has 1 aliphatic rings. The highest BCUT2D eigenvalue weighted by Crippen LogP contribution is 2.28. The summed E-state index contributed by atoms with van der Waals surface area (Å²) < 4.78 is 2.00. The second-order valence-corrected chi connectivity index (χ2v) is 7.25. The summed E-state index contributed by atoms with van der Waals surface area (Å²) in [5, 5.41) is 4.38. The van der Waals surface area contributed by atoms with E-state index in [1.807, 2.05) is 37.0 Å². The van der Waals surface area contributed by atoms with Crippen molar-refractivity contribution in [3.63, 3.8) is 0 Å². The maximum atomic E-state index is 4.83. The van der Waals surface area contributed by atoms with Crippen molar-refractivity contribution in [2.45, 2.75) is 25.8 Å². The van der Waals surface area contributed by atoms with Crippen LogP contribution in [0.4, 0.5) is 0 Å². The first-order valence-electron chi connectivity index (χ1n) is 8.26. The Bertz CT molecular complexity index is 824. The van der Waals surface area contributed by atoms with E-state index < -0.39 is 0 Å². The van der Waals surface area contributed by atoms with E-state index >= 15 is 0 Å². The van der Waals surface area contributed by atoms with Crippen LogP contribution in [0.1, 0.15) is 29.4 Å². The van der Waals surface area contributed by atoms with Crippen LogP contribution in [0.15, 0.2) is 35.3 Å². The van der Waals surface area contributed by atoms with Crippen LogP contribution in [0.2, 0.25) is 0 Å². The number of hydrogen-bond acceptors (Lipinski definition) is 5. The molecule has 1 unspecified atom stereocenters. The normalized spacial score (nSPS) is 18.3. The highest BCUT2D eigenvalue weighted by atomic mass is 32.1. The molecule has 0 aromatic carbocycles. The number of rotatable bonds is 4. The minimum Gasteiger partial charge on any atom is -0.333 e. The predicted molar refractivity (Wildman–Crippen MR) is 95.9 cm³/mol. The van der Waals surface area contributed by atoms with Crippen molar-refractivity contribution in [3.05, 3.63) is 52.4 Å². The molecule has 0 N–H and O–H groups in total. The third-order valence-electron chi connectivity index (χ3n) is 4.55. The molecule has 24 heavy (non-hydrogen) atoms. The Morgan fingerprint density at radius 3 is 3.00 bits per heavy atom. The van der Waals surface area contributed by atoms with Gasteiger partial charge in [-0.05, 0) is 48.3 Å². The third kappa shape index (κ3) is 3.12. The van der Waals surface area contributed by atoms with Crippen molar-refractivity contribution in [1.82, 2.24) is 24.4 Å². The zero-order valence-corrected chi connectivity index (χ0v) is 14.8. The molecule has 0 radical (unpaired) electrons. The molecule has 0 aliphatic carbocycles. The molecule has 3 aromatic rings. The number of aryl methyl sites for hydroxylation is 2. The Balaban J connectivity index is 1.54. The van der Waals surface area contributed by atoms with Crippen LogP contribution in [-0.4, -0.2) is 37.5 Å². The van der Waals surface area contributed by atoms with Crippen LogP contribution in [0.5, 0.6) is 0 Å². The molecule has 0 spiro atoms. The highest BCUT2D eigenvalue weighted by molar-refractivity contribution is 7.07. The van der Waals surface area contributed by atoms with Crippen molar-refractivity contribution in [2.75, 3.05) is 13.1 Å².